The molecule has 0 fully saturated rings. The average molecular weight is 289 g/mol. The predicted octanol–water partition coefficient (Wildman–Crippen LogP) is 3.87. The third-order valence-corrected chi connectivity index (χ3v) is 3.29. The van der Waals surface area contributed by atoms with Crippen LogP contribution in [0, 0.1) is 0 Å². The highest BCUT2D eigenvalue weighted by atomic mass is 19.4. The van der Waals surface area contributed by atoms with Crippen LogP contribution in [0.1, 0.15) is 37.4 Å². The van der Waals surface area contributed by atoms with E-state index in [4.69, 9.17) is 4.74 Å². The summed E-state index contributed by atoms with van der Waals surface area (Å²) < 4.78 is 41.6. The van der Waals surface area contributed by atoms with Crippen molar-refractivity contribution < 1.29 is 17.9 Å². The van der Waals surface area contributed by atoms with Crippen LogP contribution in [-0.4, -0.2) is 25.9 Å². The van der Waals surface area contributed by atoms with Gasteiger partial charge in [-0.15, -0.1) is 0 Å². The van der Waals surface area contributed by atoms with Gasteiger partial charge in [0.1, 0.15) is 0 Å². The highest BCUT2D eigenvalue weighted by Crippen LogP contribution is 2.23. The quantitative estimate of drug-likeness (QED) is 0.823. The molecule has 1 rings (SSSR count). The van der Waals surface area contributed by atoms with Crippen molar-refractivity contribution in [2.45, 2.75) is 45.0 Å². The Labute approximate surface area is 118 Å². The number of hydrogen-bond acceptors (Lipinski definition) is 2. The Morgan fingerprint density at radius 2 is 1.80 bits per heavy atom. The topological polar surface area (TPSA) is 21.3 Å². The molecule has 1 aromatic rings. The lowest BCUT2D eigenvalue weighted by molar-refractivity contribution is -0.149. The molecule has 5 heteroatoms. The van der Waals surface area contributed by atoms with E-state index in [1.54, 1.807) is 14.0 Å². The van der Waals surface area contributed by atoms with E-state index in [-0.39, 0.29) is 18.8 Å². The number of benzene rings is 1. The maximum Gasteiger partial charge on any atom is 0.391 e. The Balaban J connectivity index is 2.59. The van der Waals surface area contributed by atoms with Crippen LogP contribution in [0.5, 0.6) is 0 Å². The predicted molar refractivity (Wildman–Crippen MR) is 73.7 cm³/mol. The summed E-state index contributed by atoms with van der Waals surface area (Å²) in [6.07, 6.45) is -4.45. The molecule has 2 unspecified atom stereocenters. The van der Waals surface area contributed by atoms with Crippen molar-refractivity contribution in [3.05, 3.63) is 35.4 Å². The van der Waals surface area contributed by atoms with Gasteiger partial charge in [-0.2, -0.15) is 13.2 Å². The molecule has 0 amide bonds. The van der Waals surface area contributed by atoms with Crippen LogP contribution in [0.2, 0.25) is 0 Å². The first-order valence-electron chi connectivity index (χ1n) is 6.81. The van der Waals surface area contributed by atoms with E-state index in [9.17, 15) is 13.2 Å². The molecule has 2 nitrogen and oxygen atoms in total. The van der Waals surface area contributed by atoms with E-state index >= 15 is 0 Å². The molecule has 0 aromatic heterocycles. The summed E-state index contributed by atoms with van der Waals surface area (Å²) in [5, 5.41) is 3.10. The molecule has 0 spiro atoms. The fourth-order valence-corrected chi connectivity index (χ4v) is 2.09. The van der Waals surface area contributed by atoms with Gasteiger partial charge in [0.2, 0.25) is 0 Å². The summed E-state index contributed by atoms with van der Waals surface area (Å²) in [6, 6.07) is 7.92. The monoisotopic (exact) mass is 289 g/mol. The lowest BCUT2D eigenvalue weighted by atomic mass is 10.0. The molecule has 0 radical (unpaired) electrons. The smallest absolute Gasteiger partial charge is 0.376 e. The number of hydrogen-bond donors (Lipinski definition) is 1. The molecule has 0 heterocycles. The first-order chi connectivity index (χ1) is 9.37. The Morgan fingerprint density at radius 3 is 2.25 bits per heavy atom. The second kappa shape index (κ2) is 7.64. The molecule has 0 saturated carbocycles. The van der Waals surface area contributed by atoms with Crippen molar-refractivity contribution in [1.82, 2.24) is 5.32 Å². The maximum absolute atomic E-state index is 12.1. The van der Waals surface area contributed by atoms with Gasteiger partial charge in [0.15, 0.2) is 0 Å². The second-order valence-corrected chi connectivity index (χ2v) is 4.80. The third kappa shape index (κ3) is 5.51. The van der Waals surface area contributed by atoms with Gasteiger partial charge in [-0.25, -0.2) is 0 Å². The zero-order valence-electron chi connectivity index (χ0n) is 12.1. The van der Waals surface area contributed by atoms with Crippen molar-refractivity contribution in [3.8, 4) is 0 Å². The Morgan fingerprint density at radius 1 is 1.20 bits per heavy atom. The first kappa shape index (κ1) is 17.0. The van der Waals surface area contributed by atoms with Gasteiger partial charge < -0.3 is 10.1 Å². The molecule has 114 valence electrons. The largest absolute Gasteiger partial charge is 0.391 e. The average Bonchev–Trinajstić information content (AvgIpc) is 2.39. The van der Waals surface area contributed by atoms with Crippen molar-refractivity contribution in [2.24, 2.45) is 0 Å². The number of likely N-dealkylation sites (N-methyl/N-ethyl adjacent to an activating group) is 1. The minimum absolute atomic E-state index is 0.117. The van der Waals surface area contributed by atoms with Gasteiger partial charge in [0.05, 0.1) is 25.2 Å². The SMILES string of the molecule is CCc1ccc(C(NC)C(C)OCCC(F)(F)F)cc1. The molecule has 2 atom stereocenters. The highest BCUT2D eigenvalue weighted by Gasteiger charge is 2.27. The zero-order valence-corrected chi connectivity index (χ0v) is 12.1. The minimum Gasteiger partial charge on any atom is -0.376 e. The van der Waals surface area contributed by atoms with E-state index in [0.29, 0.717) is 0 Å². The molecule has 20 heavy (non-hydrogen) atoms. The summed E-state index contributed by atoms with van der Waals surface area (Å²) in [5.74, 6) is 0. The summed E-state index contributed by atoms with van der Waals surface area (Å²) in [7, 11) is 1.78. The lowest BCUT2D eigenvalue weighted by Crippen LogP contribution is -2.30. The molecule has 1 N–H and O–H groups in total. The van der Waals surface area contributed by atoms with Gasteiger partial charge in [-0.3, -0.25) is 0 Å². The fourth-order valence-electron chi connectivity index (χ4n) is 2.09. The molecule has 0 bridgehead atoms. The van der Waals surface area contributed by atoms with Crippen LogP contribution in [0.4, 0.5) is 13.2 Å². The maximum atomic E-state index is 12.1. The summed E-state index contributed by atoms with van der Waals surface area (Å²) >= 11 is 0. The van der Waals surface area contributed by atoms with Crippen LogP contribution >= 0.6 is 0 Å². The minimum atomic E-state index is -4.17. The molecular weight excluding hydrogens is 267 g/mol. The van der Waals surface area contributed by atoms with Gasteiger partial charge in [-0.1, -0.05) is 31.2 Å². The molecular formula is C15H22F3NO. The van der Waals surface area contributed by atoms with Gasteiger partial charge >= 0.3 is 6.18 Å². The fraction of sp³-hybridized carbons (Fsp3) is 0.600. The lowest BCUT2D eigenvalue weighted by Gasteiger charge is -2.24. The zero-order chi connectivity index (χ0) is 15.2. The Kier molecular flexibility index (Phi) is 6.49. The number of rotatable bonds is 7. The van der Waals surface area contributed by atoms with Crippen molar-refractivity contribution in [3.63, 3.8) is 0 Å². The Hall–Kier alpha value is -1.07. The van der Waals surface area contributed by atoms with Crippen molar-refractivity contribution >= 4 is 0 Å². The standard InChI is InChI=1S/C15H22F3NO/c1-4-12-5-7-13(8-6-12)14(19-3)11(2)20-10-9-15(16,17)18/h5-8,11,14,19H,4,9-10H2,1-3H3. The van der Waals surface area contributed by atoms with Crippen LogP contribution in [0.3, 0.4) is 0 Å². The van der Waals surface area contributed by atoms with Gasteiger partial charge in [0, 0.05) is 0 Å². The molecule has 0 aliphatic rings. The van der Waals surface area contributed by atoms with Crippen LogP contribution in [0.15, 0.2) is 24.3 Å². The number of alkyl halides is 3. The Bertz CT molecular complexity index is 389. The summed E-state index contributed by atoms with van der Waals surface area (Å²) in [4.78, 5) is 0. The van der Waals surface area contributed by atoms with Gasteiger partial charge in [0.25, 0.3) is 0 Å². The van der Waals surface area contributed by atoms with E-state index in [0.717, 1.165) is 12.0 Å². The molecule has 0 aliphatic carbocycles. The second-order valence-electron chi connectivity index (χ2n) is 4.80. The number of ether oxygens (including phenoxy) is 1. The molecule has 0 saturated heterocycles. The number of aryl methyl sites for hydroxylation is 1. The van der Waals surface area contributed by atoms with E-state index < -0.39 is 12.6 Å². The first-order valence-corrected chi connectivity index (χ1v) is 6.81. The van der Waals surface area contributed by atoms with Crippen LogP contribution < -0.4 is 5.32 Å². The molecule has 0 aliphatic heterocycles. The summed E-state index contributed by atoms with van der Waals surface area (Å²) in [6.45, 7) is 3.55. The van der Waals surface area contributed by atoms with Crippen molar-refractivity contribution in [2.75, 3.05) is 13.7 Å². The van der Waals surface area contributed by atoms with E-state index in [2.05, 4.69) is 12.2 Å². The summed E-state index contributed by atoms with van der Waals surface area (Å²) in [5.41, 5.74) is 2.25. The number of nitrogens with one attached hydrogen (secondary N) is 1. The normalized spacial score (nSPS) is 15.1. The van der Waals surface area contributed by atoms with E-state index in [1.165, 1.54) is 5.56 Å². The van der Waals surface area contributed by atoms with Crippen molar-refractivity contribution in [1.29, 1.82) is 0 Å². The van der Waals surface area contributed by atoms with E-state index in [1.807, 2.05) is 24.3 Å². The molecule has 1 aromatic carbocycles. The van der Waals surface area contributed by atoms with Gasteiger partial charge in [-0.05, 0) is 31.5 Å². The number of halogens is 3. The van der Waals surface area contributed by atoms with Crippen LogP contribution in [-0.2, 0) is 11.2 Å². The highest BCUT2D eigenvalue weighted by molar-refractivity contribution is 5.25. The van der Waals surface area contributed by atoms with Crippen LogP contribution in [0.25, 0.3) is 0 Å². The third-order valence-electron chi connectivity index (χ3n) is 3.29.